The fourth-order valence-corrected chi connectivity index (χ4v) is 3.12. The highest BCUT2D eigenvalue weighted by Gasteiger charge is 2.27. The van der Waals surface area contributed by atoms with Crippen LogP contribution < -0.4 is 4.90 Å². The van der Waals surface area contributed by atoms with Crippen molar-refractivity contribution in [3.63, 3.8) is 0 Å². The van der Waals surface area contributed by atoms with Crippen LogP contribution >= 0.6 is 0 Å². The van der Waals surface area contributed by atoms with E-state index in [1.165, 1.54) is 11.1 Å². The van der Waals surface area contributed by atoms with Crippen LogP contribution in [0, 0.1) is 0 Å². The van der Waals surface area contributed by atoms with Crippen molar-refractivity contribution in [2.45, 2.75) is 26.7 Å². The van der Waals surface area contributed by atoms with Gasteiger partial charge in [0.2, 0.25) is 0 Å². The van der Waals surface area contributed by atoms with Gasteiger partial charge >= 0.3 is 6.03 Å². The molecule has 3 nitrogen and oxygen atoms in total. The molecule has 0 atom stereocenters. The lowest BCUT2D eigenvalue weighted by molar-refractivity contribution is 0.212. The molecule has 3 heteroatoms. The van der Waals surface area contributed by atoms with E-state index < -0.39 is 0 Å². The maximum atomic E-state index is 13.1. The Hall–Kier alpha value is -2.29. The molecular formula is C19H22N2O. The first-order valence-electron chi connectivity index (χ1n) is 8.01. The summed E-state index contributed by atoms with van der Waals surface area (Å²) in [5.41, 5.74) is 4.51. The first-order chi connectivity index (χ1) is 10.8. The molecule has 2 aromatic carbocycles. The third kappa shape index (κ3) is 2.47. The zero-order valence-electron chi connectivity index (χ0n) is 13.2. The number of anilines is 2. The number of carbonyl (C=O) groups excluding carboxylic acids is 1. The highest BCUT2D eigenvalue weighted by Crippen LogP contribution is 2.36. The summed E-state index contributed by atoms with van der Waals surface area (Å²) in [6.45, 7) is 5.49. The lowest BCUT2D eigenvalue weighted by Gasteiger charge is -2.30. The molecule has 22 heavy (non-hydrogen) atoms. The van der Waals surface area contributed by atoms with Crippen molar-refractivity contribution < 1.29 is 4.79 Å². The predicted molar refractivity (Wildman–Crippen MR) is 90.7 cm³/mol. The van der Waals surface area contributed by atoms with E-state index in [1.807, 2.05) is 35.8 Å². The van der Waals surface area contributed by atoms with Gasteiger partial charge in [-0.15, -0.1) is 0 Å². The Labute approximate surface area is 132 Å². The topological polar surface area (TPSA) is 23.6 Å². The smallest absolute Gasteiger partial charge is 0.325 e. The van der Waals surface area contributed by atoms with Crippen LogP contribution in [0.15, 0.2) is 48.5 Å². The normalized spacial score (nSPS) is 13.1. The fraction of sp³-hybridized carbons (Fsp3) is 0.316. The van der Waals surface area contributed by atoms with Gasteiger partial charge in [-0.2, -0.15) is 0 Å². The minimum Gasteiger partial charge on any atom is -0.325 e. The SMILES string of the molecule is CCN(CC)C(=O)N1c2ccccc2CCc2ccccc21. The number of hydrogen-bond acceptors (Lipinski definition) is 1. The van der Waals surface area contributed by atoms with Crippen molar-refractivity contribution in [2.24, 2.45) is 0 Å². The Bertz CT molecular complexity index is 629. The Balaban J connectivity index is 2.16. The number of aryl methyl sites for hydroxylation is 2. The van der Waals surface area contributed by atoms with Crippen LogP contribution in [0.5, 0.6) is 0 Å². The molecule has 0 aliphatic carbocycles. The lowest BCUT2D eigenvalue weighted by Crippen LogP contribution is -2.41. The minimum absolute atomic E-state index is 0.0619. The van der Waals surface area contributed by atoms with Crippen molar-refractivity contribution in [1.29, 1.82) is 0 Å². The van der Waals surface area contributed by atoms with Crippen molar-refractivity contribution in [3.8, 4) is 0 Å². The number of rotatable bonds is 2. The van der Waals surface area contributed by atoms with Gasteiger partial charge in [0.25, 0.3) is 0 Å². The van der Waals surface area contributed by atoms with Gasteiger partial charge in [-0.3, -0.25) is 4.90 Å². The molecule has 0 saturated heterocycles. The first kappa shape index (κ1) is 14.6. The molecule has 2 amide bonds. The highest BCUT2D eigenvalue weighted by molar-refractivity contribution is 6.01. The number of benzene rings is 2. The van der Waals surface area contributed by atoms with Gasteiger partial charge in [0.1, 0.15) is 0 Å². The molecule has 0 N–H and O–H groups in total. The predicted octanol–water partition coefficient (Wildman–Crippen LogP) is 4.39. The molecular weight excluding hydrogens is 272 g/mol. The third-order valence-electron chi connectivity index (χ3n) is 4.35. The number of hydrogen-bond donors (Lipinski definition) is 0. The number of amides is 2. The van der Waals surface area contributed by atoms with Crippen LogP contribution in [-0.4, -0.2) is 24.0 Å². The van der Waals surface area contributed by atoms with Crippen molar-refractivity contribution in [2.75, 3.05) is 18.0 Å². The highest BCUT2D eigenvalue weighted by atomic mass is 16.2. The molecule has 114 valence electrons. The van der Waals surface area contributed by atoms with Gasteiger partial charge < -0.3 is 4.90 Å². The van der Waals surface area contributed by atoms with Crippen LogP contribution in [0.1, 0.15) is 25.0 Å². The molecule has 0 radical (unpaired) electrons. The summed E-state index contributed by atoms with van der Waals surface area (Å²) in [4.78, 5) is 16.9. The number of nitrogens with zero attached hydrogens (tertiary/aromatic N) is 2. The largest absolute Gasteiger partial charge is 0.329 e. The summed E-state index contributed by atoms with van der Waals surface area (Å²) in [6.07, 6.45) is 1.93. The first-order valence-corrected chi connectivity index (χ1v) is 8.01. The van der Waals surface area contributed by atoms with E-state index in [4.69, 9.17) is 0 Å². The lowest BCUT2D eigenvalue weighted by atomic mass is 10.0. The quantitative estimate of drug-likeness (QED) is 0.806. The molecule has 1 aliphatic rings. The standard InChI is InChI=1S/C19H22N2O/c1-3-20(4-2)19(22)21-17-11-7-5-9-15(17)13-14-16-10-6-8-12-18(16)21/h5-12H,3-4,13-14H2,1-2H3. The van der Waals surface area contributed by atoms with E-state index in [1.54, 1.807) is 0 Å². The number of para-hydroxylation sites is 2. The zero-order valence-corrected chi connectivity index (χ0v) is 13.2. The minimum atomic E-state index is 0.0619. The fourth-order valence-electron chi connectivity index (χ4n) is 3.12. The van der Waals surface area contributed by atoms with E-state index in [0.29, 0.717) is 0 Å². The summed E-state index contributed by atoms with van der Waals surface area (Å²) < 4.78 is 0. The monoisotopic (exact) mass is 294 g/mol. The van der Waals surface area contributed by atoms with Crippen LogP contribution in [0.3, 0.4) is 0 Å². The van der Waals surface area contributed by atoms with Crippen molar-refractivity contribution in [3.05, 3.63) is 59.7 Å². The Kier molecular flexibility index (Phi) is 4.14. The summed E-state index contributed by atoms with van der Waals surface area (Å²) in [6, 6.07) is 16.5. The maximum Gasteiger partial charge on any atom is 0.329 e. The van der Waals surface area contributed by atoms with Crippen molar-refractivity contribution in [1.82, 2.24) is 4.90 Å². The Morgan fingerprint density at radius 3 is 1.82 bits per heavy atom. The molecule has 0 saturated carbocycles. The molecule has 0 bridgehead atoms. The Morgan fingerprint density at radius 2 is 1.36 bits per heavy atom. The van der Waals surface area contributed by atoms with E-state index in [-0.39, 0.29) is 6.03 Å². The average molecular weight is 294 g/mol. The zero-order chi connectivity index (χ0) is 15.5. The van der Waals surface area contributed by atoms with Gasteiger partial charge in [0, 0.05) is 13.1 Å². The van der Waals surface area contributed by atoms with E-state index >= 15 is 0 Å². The van der Waals surface area contributed by atoms with Crippen LogP contribution in [0.25, 0.3) is 0 Å². The summed E-state index contributed by atoms with van der Waals surface area (Å²) in [5.74, 6) is 0. The molecule has 1 heterocycles. The molecule has 0 spiro atoms. The molecule has 0 aromatic heterocycles. The van der Waals surface area contributed by atoms with E-state index in [0.717, 1.165) is 37.3 Å². The van der Waals surface area contributed by atoms with E-state index in [9.17, 15) is 4.79 Å². The van der Waals surface area contributed by atoms with Gasteiger partial charge in [-0.25, -0.2) is 4.79 Å². The van der Waals surface area contributed by atoms with Crippen LogP contribution in [0.2, 0.25) is 0 Å². The van der Waals surface area contributed by atoms with E-state index in [2.05, 4.69) is 36.4 Å². The molecule has 1 aliphatic heterocycles. The van der Waals surface area contributed by atoms with Crippen molar-refractivity contribution >= 4 is 17.4 Å². The molecule has 3 rings (SSSR count). The van der Waals surface area contributed by atoms with Gasteiger partial charge in [-0.05, 0) is 49.9 Å². The average Bonchev–Trinajstić information content (AvgIpc) is 2.72. The summed E-state index contributed by atoms with van der Waals surface area (Å²) in [5, 5.41) is 0. The van der Waals surface area contributed by atoms with Gasteiger partial charge in [0.05, 0.1) is 11.4 Å². The molecule has 0 fully saturated rings. The third-order valence-corrected chi connectivity index (χ3v) is 4.35. The second-order valence-corrected chi connectivity index (χ2v) is 5.55. The maximum absolute atomic E-state index is 13.1. The number of carbonyl (C=O) groups is 1. The molecule has 2 aromatic rings. The second-order valence-electron chi connectivity index (χ2n) is 5.55. The summed E-state index contributed by atoms with van der Waals surface area (Å²) >= 11 is 0. The van der Waals surface area contributed by atoms with Gasteiger partial charge in [0.15, 0.2) is 0 Å². The molecule has 0 unspecified atom stereocenters. The van der Waals surface area contributed by atoms with Crippen LogP contribution in [0.4, 0.5) is 16.2 Å². The number of fused-ring (bicyclic) bond motifs is 2. The Morgan fingerprint density at radius 1 is 0.909 bits per heavy atom. The number of urea groups is 1. The van der Waals surface area contributed by atoms with Gasteiger partial charge in [-0.1, -0.05) is 36.4 Å². The van der Waals surface area contributed by atoms with Crippen LogP contribution in [-0.2, 0) is 12.8 Å². The second kappa shape index (κ2) is 6.22. The summed E-state index contributed by atoms with van der Waals surface area (Å²) in [7, 11) is 0.